The molecule has 0 saturated heterocycles. The Balaban J connectivity index is 3.42. The predicted octanol–water partition coefficient (Wildman–Crippen LogP) is 2.15. The minimum atomic E-state index is -0.337. The summed E-state index contributed by atoms with van der Waals surface area (Å²) in [4.78, 5) is 12.3. The molecule has 0 unspecified atom stereocenters. The van der Waals surface area contributed by atoms with Gasteiger partial charge < -0.3 is 0 Å². The second kappa shape index (κ2) is 5.65. The van der Waals surface area contributed by atoms with Crippen molar-refractivity contribution in [2.45, 2.75) is 45.2 Å². The number of aromatic nitrogens is 3. The summed E-state index contributed by atoms with van der Waals surface area (Å²) in [5.74, 6) is 0.276. The molecule has 100 valence electrons. The average Bonchev–Trinajstić information content (AvgIpc) is 2.24. The Morgan fingerprint density at radius 1 is 1.33 bits per heavy atom. The number of thioether (sulfide) groups is 1. The molecular weight excluding hydrogens is 248 g/mol. The lowest BCUT2D eigenvalue weighted by atomic mass is 9.93. The fourth-order valence-electron chi connectivity index (χ4n) is 1.27. The minimum absolute atomic E-state index is 0.196. The van der Waals surface area contributed by atoms with E-state index in [9.17, 15) is 4.79 Å². The molecule has 1 aromatic heterocycles. The Kier molecular flexibility index (Phi) is 4.67. The van der Waals surface area contributed by atoms with Crippen LogP contribution in [-0.2, 0) is 5.41 Å². The van der Waals surface area contributed by atoms with Crippen molar-refractivity contribution < 1.29 is 0 Å². The molecule has 0 radical (unpaired) electrons. The number of rotatable bonds is 3. The van der Waals surface area contributed by atoms with Gasteiger partial charge in [0.25, 0.3) is 5.56 Å². The van der Waals surface area contributed by atoms with Crippen LogP contribution in [-0.4, -0.2) is 27.3 Å². The zero-order chi connectivity index (χ0) is 13.9. The number of nitrogens with zero attached hydrogens (tertiary/aromatic N) is 4. The van der Waals surface area contributed by atoms with Crippen LogP contribution in [0.2, 0.25) is 0 Å². The van der Waals surface area contributed by atoms with Gasteiger partial charge in [-0.15, -0.1) is 10.2 Å². The van der Waals surface area contributed by atoms with Gasteiger partial charge in [-0.05, 0) is 12.2 Å². The Hall–Kier alpha value is -1.17. The van der Waals surface area contributed by atoms with E-state index in [0.717, 1.165) is 0 Å². The van der Waals surface area contributed by atoms with Gasteiger partial charge in [0, 0.05) is 11.6 Å². The minimum Gasteiger partial charge on any atom is -0.265 e. The molecule has 0 amide bonds. The predicted molar refractivity (Wildman–Crippen MR) is 75.5 cm³/mol. The van der Waals surface area contributed by atoms with Crippen LogP contribution in [0.5, 0.6) is 0 Å². The molecule has 0 bridgehead atoms. The van der Waals surface area contributed by atoms with Crippen LogP contribution in [0.1, 0.15) is 40.3 Å². The molecule has 6 heteroatoms. The Bertz CT molecular complexity index is 500. The molecule has 0 aliphatic rings. The molecule has 0 atom stereocenters. The van der Waals surface area contributed by atoms with Gasteiger partial charge in [-0.3, -0.25) is 4.79 Å². The van der Waals surface area contributed by atoms with Gasteiger partial charge in [0.2, 0.25) is 5.16 Å². The monoisotopic (exact) mass is 268 g/mol. The van der Waals surface area contributed by atoms with Crippen LogP contribution >= 0.6 is 11.8 Å². The number of hydrogen-bond donors (Lipinski definition) is 0. The lowest BCUT2D eigenvalue weighted by Crippen LogP contribution is -2.32. The second-order valence-electron chi connectivity index (χ2n) is 5.41. The highest BCUT2D eigenvalue weighted by Gasteiger charge is 2.23. The molecule has 0 aromatic carbocycles. The van der Waals surface area contributed by atoms with Crippen molar-refractivity contribution in [2.75, 3.05) is 6.26 Å². The van der Waals surface area contributed by atoms with Crippen molar-refractivity contribution >= 4 is 18.0 Å². The van der Waals surface area contributed by atoms with Gasteiger partial charge in [-0.25, -0.2) is 0 Å². The van der Waals surface area contributed by atoms with E-state index in [1.807, 2.05) is 40.9 Å². The largest absolute Gasteiger partial charge is 0.297 e. The van der Waals surface area contributed by atoms with E-state index < -0.39 is 0 Å². The molecular formula is C12H20N4OS. The van der Waals surface area contributed by atoms with Crippen LogP contribution in [0, 0.1) is 5.92 Å². The third-order valence-electron chi connectivity index (χ3n) is 2.18. The Labute approximate surface area is 112 Å². The maximum Gasteiger partial charge on any atom is 0.297 e. The van der Waals surface area contributed by atoms with Gasteiger partial charge in [0.15, 0.2) is 0 Å². The Morgan fingerprint density at radius 2 is 1.94 bits per heavy atom. The van der Waals surface area contributed by atoms with Crippen LogP contribution in [0.4, 0.5) is 0 Å². The topological polar surface area (TPSA) is 60.1 Å². The first-order chi connectivity index (χ1) is 8.27. The van der Waals surface area contributed by atoms with E-state index >= 15 is 0 Å². The van der Waals surface area contributed by atoms with E-state index in [0.29, 0.717) is 10.9 Å². The van der Waals surface area contributed by atoms with Crippen molar-refractivity contribution in [2.24, 2.45) is 11.0 Å². The van der Waals surface area contributed by atoms with E-state index in [4.69, 9.17) is 0 Å². The molecule has 0 aliphatic carbocycles. The van der Waals surface area contributed by atoms with Crippen molar-refractivity contribution in [3.8, 4) is 0 Å². The van der Waals surface area contributed by atoms with Crippen LogP contribution in [0.3, 0.4) is 0 Å². The maximum atomic E-state index is 12.3. The summed E-state index contributed by atoms with van der Waals surface area (Å²) in [5.41, 5.74) is -0.101. The smallest absolute Gasteiger partial charge is 0.265 e. The van der Waals surface area contributed by atoms with Crippen molar-refractivity contribution in [3.05, 3.63) is 16.0 Å². The maximum absolute atomic E-state index is 12.3. The van der Waals surface area contributed by atoms with Crippen molar-refractivity contribution in [1.82, 2.24) is 14.9 Å². The molecule has 1 rings (SSSR count). The molecule has 5 nitrogen and oxygen atoms in total. The van der Waals surface area contributed by atoms with Gasteiger partial charge in [-0.1, -0.05) is 46.4 Å². The van der Waals surface area contributed by atoms with E-state index in [-0.39, 0.29) is 16.9 Å². The molecule has 0 spiro atoms. The van der Waals surface area contributed by atoms with Gasteiger partial charge in [0.1, 0.15) is 5.69 Å². The summed E-state index contributed by atoms with van der Waals surface area (Å²) < 4.78 is 1.33. The molecule has 0 aliphatic heterocycles. The van der Waals surface area contributed by atoms with Crippen LogP contribution < -0.4 is 5.56 Å². The fourth-order valence-corrected chi connectivity index (χ4v) is 1.69. The van der Waals surface area contributed by atoms with Gasteiger partial charge in [0.05, 0.1) is 0 Å². The number of hydrogen-bond acceptors (Lipinski definition) is 5. The average molecular weight is 268 g/mol. The third kappa shape index (κ3) is 3.41. The first-order valence-electron chi connectivity index (χ1n) is 5.86. The van der Waals surface area contributed by atoms with Gasteiger partial charge in [-0.2, -0.15) is 9.78 Å². The Morgan fingerprint density at radius 3 is 2.39 bits per heavy atom. The first-order valence-corrected chi connectivity index (χ1v) is 7.08. The standard InChI is InChI=1S/C12H20N4OS/c1-8(2)7-13-16-10(17)9(12(3,4)5)14-15-11(16)18-6/h7-8H,1-6H3. The molecule has 0 fully saturated rings. The highest BCUT2D eigenvalue weighted by molar-refractivity contribution is 7.98. The first kappa shape index (κ1) is 14.9. The van der Waals surface area contributed by atoms with E-state index in [2.05, 4.69) is 15.3 Å². The summed E-state index contributed by atoms with van der Waals surface area (Å²) >= 11 is 1.36. The highest BCUT2D eigenvalue weighted by atomic mass is 32.2. The van der Waals surface area contributed by atoms with Gasteiger partial charge >= 0.3 is 0 Å². The summed E-state index contributed by atoms with van der Waals surface area (Å²) in [6, 6.07) is 0. The zero-order valence-electron chi connectivity index (χ0n) is 11.8. The summed E-state index contributed by atoms with van der Waals surface area (Å²) in [6.45, 7) is 9.83. The molecule has 1 heterocycles. The molecule has 1 aromatic rings. The van der Waals surface area contributed by atoms with Crippen LogP contribution in [0.25, 0.3) is 0 Å². The SMILES string of the molecule is CSc1nnc(C(C)(C)C)c(=O)n1N=CC(C)C. The quantitative estimate of drug-likeness (QED) is 0.622. The van der Waals surface area contributed by atoms with Crippen molar-refractivity contribution in [3.63, 3.8) is 0 Å². The summed E-state index contributed by atoms with van der Waals surface area (Å²) in [7, 11) is 0. The summed E-state index contributed by atoms with van der Waals surface area (Å²) in [6.07, 6.45) is 3.58. The lowest BCUT2D eigenvalue weighted by molar-refractivity contribution is 0.509. The van der Waals surface area contributed by atoms with Crippen molar-refractivity contribution in [1.29, 1.82) is 0 Å². The summed E-state index contributed by atoms with van der Waals surface area (Å²) in [5, 5.41) is 12.8. The molecule has 0 N–H and O–H groups in total. The van der Waals surface area contributed by atoms with Crippen LogP contribution in [0.15, 0.2) is 15.1 Å². The lowest BCUT2D eigenvalue weighted by Gasteiger charge is -2.16. The second-order valence-corrected chi connectivity index (χ2v) is 6.18. The van der Waals surface area contributed by atoms with E-state index in [1.54, 1.807) is 6.21 Å². The highest BCUT2D eigenvalue weighted by Crippen LogP contribution is 2.17. The molecule has 18 heavy (non-hydrogen) atoms. The van der Waals surface area contributed by atoms with E-state index in [1.165, 1.54) is 16.4 Å². The fraction of sp³-hybridized carbons (Fsp3) is 0.667. The zero-order valence-corrected chi connectivity index (χ0v) is 12.6. The third-order valence-corrected chi connectivity index (χ3v) is 2.80. The molecule has 0 saturated carbocycles. The normalized spacial score (nSPS) is 12.6.